The zero-order chi connectivity index (χ0) is 14.1. The maximum absolute atomic E-state index is 6.13. The number of fused-ring (bicyclic) bond motifs is 1. The maximum Gasteiger partial charge on any atom is 0.104 e. The van der Waals surface area contributed by atoms with E-state index in [-0.39, 0.29) is 12.0 Å². The van der Waals surface area contributed by atoms with E-state index in [4.69, 9.17) is 27.9 Å². The molecule has 2 heterocycles. The molecule has 0 amide bonds. The molecule has 2 nitrogen and oxygen atoms in total. The van der Waals surface area contributed by atoms with Crippen LogP contribution < -0.4 is 5.32 Å². The van der Waals surface area contributed by atoms with Gasteiger partial charge in [-0.05, 0) is 41.8 Å². The minimum atomic E-state index is 0.147. The van der Waals surface area contributed by atoms with Crippen LogP contribution in [0.15, 0.2) is 29.6 Å². The highest BCUT2D eigenvalue weighted by atomic mass is 35.5. The van der Waals surface area contributed by atoms with Crippen LogP contribution in [0.5, 0.6) is 0 Å². The largest absolute Gasteiger partial charge is 0.370 e. The van der Waals surface area contributed by atoms with Gasteiger partial charge in [-0.25, -0.2) is 0 Å². The molecule has 106 valence electrons. The number of thiophene rings is 1. The van der Waals surface area contributed by atoms with Crippen molar-refractivity contribution in [1.29, 1.82) is 0 Å². The normalized spacial score (nSPS) is 21.8. The Morgan fingerprint density at radius 3 is 2.90 bits per heavy atom. The second-order valence-electron chi connectivity index (χ2n) is 4.85. The Morgan fingerprint density at radius 1 is 1.30 bits per heavy atom. The Morgan fingerprint density at radius 2 is 2.15 bits per heavy atom. The zero-order valence-corrected chi connectivity index (χ0v) is 13.4. The molecule has 2 atom stereocenters. The summed E-state index contributed by atoms with van der Waals surface area (Å²) in [6, 6.07) is 8.02. The fraction of sp³-hybridized carbons (Fsp3) is 0.333. The van der Waals surface area contributed by atoms with Crippen molar-refractivity contribution in [2.75, 3.05) is 20.2 Å². The minimum absolute atomic E-state index is 0.147. The highest BCUT2D eigenvalue weighted by Crippen LogP contribution is 2.41. The van der Waals surface area contributed by atoms with Crippen molar-refractivity contribution < 1.29 is 4.74 Å². The van der Waals surface area contributed by atoms with E-state index in [1.807, 2.05) is 25.2 Å². The van der Waals surface area contributed by atoms with E-state index in [0.29, 0.717) is 16.7 Å². The summed E-state index contributed by atoms with van der Waals surface area (Å²) in [5, 5.41) is 6.50. The predicted molar refractivity (Wildman–Crippen MR) is 85.2 cm³/mol. The first-order chi connectivity index (χ1) is 9.70. The van der Waals surface area contributed by atoms with E-state index < -0.39 is 0 Å². The third-order valence-corrected chi connectivity index (χ3v) is 5.36. The van der Waals surface area contributed by atoms with Crippen LogP contribution in [0.3, 0.4) is 0 Å². The lowest BCUT2D eigenvalue weighted by atomic mass is 9.89. The quantitative estimate of drug-likeness (QED) is 0.897. The summed E-state index contributed by atoms with van der Waals surface area (Å²) in [5.74, 6) is 0.235. The molecular formula is C15H15Cl2NOS. The lowest BCUT2D eigenvalue weighted by Gasteiger charge is -2.29. The number of benzene rings is 1. The molecule has 2 unspecified atom stereocenters. The van der Waals surface area contributed by atoms with Crippen molar-refractivity contribution in [1.82, 2.24) is 5.32 Å². The molecule has 1 aromatic carbocycles. The van der Waals surface area contributed by atoms with Gasteiger partial charge in [-0.3, -0.25) is 0 Å². The van der Waals surface area contributed by atoms with Crippen LogP contribution in [0, 0.1) is 0 Å². The molecule has 5 heteroatoms. The molecule has 0 spiro atoms. The third-order valence-electron chi connectivity index (χ3n) is 3.59. The van der Waals surface area contributed by atoms with Crippen molar-refractivity contribution in [3.8, 4) is 0 Å². The van der Waals surface area contributed by atoms with Crippen LogP contribution in [0.1, 0.15) is 28.0 Å². The molecule has 2 aromatic rings. The predicted octanol–water partition coefficient (Wildman–Crippen LogP) is 4.48. The third kappa shape index (κ3) is 2.61. The topological polar surface area (TPSA) is 21.3 Å². The maximum atomic E-state index is 6.13. The second-order valence-corrected chi connectivity index (χ2v) is 6.61. The second kappa shape index (κ2) is 6.04. The summed E-state index contributed by atoms with van der Waals surface area (Å²) in [6.07, 6.45) is 0.147. The van der Waals surface area contributed by atoms with E-state index in [2.05, 4.69) is 16.8 Å². The van der Waals surface area contributed by atoms with Gasteiger partial charge >= 0.3 is 0 Å². The Kier molecular flexibility index (Phi) is 4.34. The van der Waals surface area contributed by atoms with Crippen LogP contribution in [0.2, 0.25) is 10.0 Å². The summed E-state index contributed by atoms with van der Waals surface area (Å²) in [7, 11) is 1.95. The molecule has 0 fully saturated rings. The summed E-state index contributed by atoms with van der Waals surface area (Å²) in [5.41, 5.74) is 2.50. The van der Waals surface area contributed by atoms with Gasteiger partial charge in [0.25, 0.3) is 0 Å². The summed E-state index contributed by atoms with van der Waals surface area (Å²) in [4.78, 5) is 1.31. The number of rotatable bonds is 3. The van der Waals surface area contributed by atoms with E-state index >= 15 is 0 Å². The first-order valence-electron chi connectivity index (χ1n) is 6.49. The molecule has 1 N–H and O–H groups in total. The number of hydrogen-bond acceptors (Lipinski definition) is 3. The smallest absolute Gasteiger partial charge is 0.104 e. The number of halogens is 2. The number of nitrogens with one attached hydrogen (secondary N) is 1. The van der Waals surface area contributed by atoms with Crippen LogP contribution >= 0.6 is 34.5 Å². The van der Waals surface area contributed by atoms with Crippen molar-refractivity contribution in [2.45, 2.75) is 12.0 Å². The average molecular weight is 328 g/mol. The first kappa shape index (κ1) is 14.4. The molecule has 0 saturated heterocycles. The summed E-state index contributed by atoms with van der Waals surface area (Å²) >= 11 is 13.9. The molecule has 20 heavy (non-hydrogen) atoms. The van der Waals surface area contributed by atoms with E-state index in [1.165, 1.54) is 10.4 Å². The fourth-order valence-electron chi connectivity index (χ4n) is 2.60. The molecule has 0 radical (unpaired) electrons. The standard InChI is InChI=1S/C15H15Cl2NOS/c1-18-7-14-15-10(4-5-20-15)11(8-19-14)9-2-3-12(16)13(17)6-9/h2-6,11,14,18H,7-8H2,1H3. The lowest BCUT2D eigenvalue weighted by Crippen LogP contribution is -2.26. The highest BCUT2D eigenvalue weighted by Gasteiger charge is 2.29. The van der Waals surface area contributed by atoms with E-state index in [9.17, 15) is 0 Å². The van der Waals surface area contributed by atoms with Gasteiger partial charge in [-0.1, -0.05) is 29.3 Å². The molecule has 0 bridgehead atoms. The fourth-order valence-corrected chi connectivity index (χ4v) is 3.92. The zero-order valence-electron chi connectivity index (χ0n) is 11.0. The van der Waals surface area contributed by atoms with Crippen molar-refractivity contribution in [3.05, 3.63) is 55.7 Å². The molecule has 1 aromatic heterocycles. The SMILES string of the molecule is CNCC1OCC(c2ccc(Cl)c(Cl)c2)c2ccsc21. The Balaban J connectivity index is 1.96. The molecular weight excluding hydrogens is 313 g/mol. The van der Waals surface area contributed by atoms with Crippen LogP contribution in [0.25, 0.3) is 0 Å². The Hall–Kier alpha value is -0.580. The van der Waals surface area contributed by atoms with E-state index in [0.717, 1.165) is 12.1 Å². The van der Waals surface area contributed by atoms with Gasteiger partial charge < -0.3 is 10.1 Å². The van der Waals surface area contributed by atoms with Gasteiger partial charge in [0.1, 0.15) is 6.10 Å². The monoisotopic (exact) mass is 327 g/mol. The molecule has 0 saturated carbocycles. The summed E-state index contributed by atoms with van der Waals surface area (Å²) in [6.45, 7) is 1.51. The summed E-state index contributed by atoms with van der Waals surface area (Å²) < 4.78 is 6.01. The molecule has 0 aliphatic carbocycles. The van der Waals surface area contributed by atoms with Gasteiger partial charge in [0.15, 0.2) is 0 Å². The van der Waals surface area contributed by atoms with Gasteiger partial charge in [-0.2, -0.15) is 0 Å². The van der Waals surface area contributed by atoms with Crippen molar-refractivity contribution >= 4 is 34.5 Å². The molecule has 1 aliphatic heterocycles. The van der Waals surface area contributed by atoms with Crippen LogP contribution in [-0.2, 0) is 4.74 Å². The van der Waals surface area contributed by atoms with Gasteiger partial charge in [0, 0.05) is 17.3 Å². The Bertz CT molecular complexity index is 614. The number of likely N-dealkylation sites (N-methyl/N-ethyl adjacent to an activating group) is 1. The Labute approximate surface area is 132 Å². The van der Waals surface area contributed by atoms with E-state index in [1.54, 1.807) is 11.3 Å². The minimum Gasteiger partial charge on any atom is -0.370 e. The van der Waals surface area contributed by atoms with Gasteiger partial charge in [0.2, 0.25) is 0 Å². The number of hydrogen-bond donors (Lipinski definition) is 1. The lowest BCUT2D eigenvalue weighted by molar-refractivity contribution is 0.0383. The van der Waals surface area contributed by atoms with Gasteiger partial charge in [-0.15, -0.1) is 11.3 Å². The number of ether oxygens (including phenoxy) is 1. The molecule has 3 rings (SSSR count). The van der Waals surface area contributed by atoms with Crippen molar-refractivity contribution in [3.63, 3.8) is 0 Å². The van der Waals surface area contributed by atoms with Gasteiger partial charge in [0.05, 0.1) is 16.7 Å². The van der Waals surface area contributed by atoms with Crippen LogP contribution in [-0.4, -0.2) is 20.2 Å². The first-order valence-corrected chi connectivity index (χ1v) is 8.12. The average Bonchev–Trinajstić information content (AvgIpc) is 2.92. The van der Waals surface area contributed by atoms with Crippen LogP contribution in [0.4, 0.5) is 0 Å². The van der Waals surface area contributed by atoms with Crippen molar-refractivity contribution in [2.24, 2.45) is 0 Å². The highest BCUT2D eigenvalue weighted by molar-refractivity contribution is 7.10. The molecule has 1 aliphatic rings.